The van der Waals surface area contributed by atoms with Crippen molar-refractivity contribution in [1.29, 1.82) is 0 Å². The zero-order chi connectivity index (χ0) is 33.2. The van der Waals surface area contributed by atoms with Gasteiger partial charge in [0, 0.05) is 26.3 Å². The fourth-order valence-electron chi connectivity index (χ4n) is 4.46. The van der Waals surface area contributed by atoms with Gasteiger partial charge >= 0.3 is 5.97 Å². The molecule has 0 aromatic heterocycles. The molecule has 47 heavy (non-hydrogen) atoms. The van der Waals surface area contributed by atoms with E-state index in [1.165, 1.54) is 23.9 Å². The molecule has 1 unspecified atom stereocenters. The van der Waals surface area contributed by atoms with Gasteiger partial charge in [-0.25, -0.2) is 4.79 Å². The van der Waals surface area contributed by atoms with E-state index >= 15 is 0 Å². The second kappa shape index (κ2) is 15.7. The summed E-state index contributed by atoms with van der Waals surface area (Å²) in [5.74, 6) is -2.34. The summed E-state index contributed by atoms with van der Waals surface area (Å²) in [6.07, 6.45) is 1.60. The summed E-state index contributed by atoms with van der Waals surface area (Å²) in [4.78, 5) is 52.0. The van der Waals surface area contributed by atoms with Crippen LogP contribution in [-0.2, 0) is 9.59 Å². The van der Waals surface area contributed by atoms with Crippen molar-refractivity contribution in [2.45, 2.75) is 10.1 Å². The van der Waals surface area contributed by atoms with Crippen LogP contribution in [0.15, 0.2) is 149 Å². The Balaban J connectivity index is 1.32. The van der Waals surface area contributed by atoms with E-state index in [1.807, 2.05) is 54.6 Å². The minimum atomic E-state index is -1.09. The van der Waals surface area contributed by atoms with Crippen molar-refractivity contribution < 1.29 is 24.3 Å². The van der Waals surface area contributed by atoms with Crippen LogP contribution in [-0.4, -0.2) is 28.8 Å². The summed E-state index contributed by atoms with van der Waals surface area (Å²) < 4.78 is 0.881. The third-order valence-electron chi connectivity index (χ3n) is 6.79. The van der Waals surface area contributed by atoms with Crippen LogP contribution in [0.4, 0.5) is 11.4 Å². The van der Waals surface area contributed by atoms with Gasteiger partial charge in [-0.15, -0.1) is 11.8 Å². The molecule has 0 saturated carbocycles. The lowest BCUT2D eigenvalue weighted by atomic mass is 10.1. The van der Waals surface area contributed by atoms with Gasteiger partial charge in [-0.2, -0.15) is 0 Å². The first-order valence-electron chi connectivity index (χ1n) is 14.4. The van der Waals surface area contributed by atoms with Gasteiger partial charge in [0.15, 0.2) is 0 Å². The molecule has 0 heterocycles. The van der Waals surface area contributed by atoms with Crippen LogP contribution in [0.1, 0.15) is 37.1 Å². The highest BCUT2D eigenvalue weighted by Crippen LogP contribution is 2.37. The molecule has 0 fully saturated rings. The number of rotatable bonds is 11. The number of halogens is 1. The van der Waals surface area contributed by atoms with E-state index in [0.717, 1.165) is 20.5 Å². The fraction of sp³-hybridized carbons (Fsp3) is 0.0270. The number of anilines is 2. The van der Waals surface area contributed by atoms with Crippen LogP contribution in [0.2, 0.25) is 0 Å². The molecule has 4 N–H and O–H groups in total. The summed E-state index contributed by atoms with van der Waals surface area (Å²) in [5.41, 5.74) is 2.89. The number of hydrogen-bond donors (Lipinski definition) is 4. The van der Waals surface area contributed by atoms with Gasteiger partial charge in [0.1, 0.15) is 10.9 Å². The number of hydrogen-bond acceptors (Lipinski definition) is 5. The molecule has 3 amide bonds. The Morgan fingerprint density at radius 1 is 0.681 bits per heavy atom. The highest BCUT2D eigenvalue weighted by atomic mass is 79.9. The Hall–Kier alpha value is -5.45. The van der Waals surface area contributed by atoms with E-state index in [0.29, 0.717) is 16.9 Å². The topological polar surface area (TPSA) is 125 Å². The molecule has 0 spiro atoms. The Bertz CT molecular complexity index is 1920. The first-order valence-corrected chi connectivity index (χ1v) is 16.0. The lowest BCUT2D eigenvalue weighted by Crippen LogP contribution is -2.30. The van der Waals surface area contributed by atoms with Crippen molar-refractivity contribution in [3.05, 3.63) is 166 Å². The predicted molar refractivity (Wildman–Crippen MR) is 188 cm³/mol. The van der Waals surface area contributed by atoms with Gasteiger partial charge in [-0.05, 0) is 83.9 Å². The van der Waals surface area contributed by atoms with Crippen molar-refractivity contribution in [2.24, 2.45) is 0 Å². The maximum Gasteiger partial charge on any atom is 0.335 e. The predicted octanol–water partition coefficient (Wildman–Crippen LogP) is 8.03. The molecular formula is C37H28BrN3O5S. The molecule has 5 rings (SSSR count). The van der Waals surface area contributed by atoms with Crippen LogP contribution in [0.25, 0.3) is 6.08 Å². The molecule has 0 saturated heterocycles. The second-order valence-electron chi connectivity index (χ2n) is 10.2. The number of amides is 3. The average molecular weight is 707 g/mol. The van der Waals surface area contributed by atoms with Crippen LogP contribution in [0.3, 0.4) is 0 Å². The summed E-state index contributed by atoms with van der Waals surface area (Å²) in [5, 5.41) is 17.1. The smallest absolute Gasteiger partial charge is 0.335 e. The third kappa shape index (κ3) is 9.29. The number of nitrogens with one attached hydrogen (secondary N) is 3. The van der Waals surface area contributed by atoms with Crippen LogP contribution in [0, 0.1) is 0 Å². The summed E-state index contributed by atoms with van der Waals surface area (Å²) in [7, 11) is 0. The Labute approximate surface area is 284 Å². The summed E-state index contributed by atoms with van der Waals surface area (Å²) >= 11 is 4.72. The molecule has 0 aliphatic carbocycles. The van der Waals surface area contributed by atoms with Crippen molar-refractivity contribution in [1.82, 2.24) is 5.32 Å². The Kier molecular flexibility index (Phi) is 11.0. The van der Waals surface area contributed by atoms with Crippen molar-refractivity contribution in [2.75, 3.05) is 10.6 Å². The summed E-state index contributed by atoms with van der Waals surface area (Å²) in [6.45, 7) is 0. The fourth-order valence-corrected chi connectivity index (χ4v) is 5.75. The highest BCUT2D eigenvalue weighted by Gasteiger charge is 2.23. The zero-order valence-electron chi connectivity index (χ0n) is 24.7. The first kappa shape index (κ1) is 32.9. The maximum absolute atomic E-state index is 13.5. The molecule has 8 nitrogen and oxygen atoms in total. The SMILES string of the molecule is O=C(Nc1ccc(SC(C(=O)Nc2cccc(C(=O)O)c2)c2ccccc2)cc1)/C(=C/c1ccc(Br)cc1)NC(=O)c1ccccc1. The average Bonchev–Trinajstić information content (AvgIpc) is 3.09. The normalized spacial score (nSPS) is 11.6. The first-order chi connectivity index (χ1) is 22.7. The Morgan fingerprint density at radius 3 is 1.98 bits per heavy atom. The lowest BCUT2D eigenvalue weighted by molar-refractivity contribution is -0.116. The van der Waals surface area contributed by atoms with Gasteiger partial charge in [0.05, 0.1) is 5.56 Å². The molecule has 0 aliphatic rings. The molecule has 0 aliphatic heterocycles. The lowest BCUT2D eigenvalue weighted by Gasteiger charge is -2.18. The number of carbonyl (C=O) groups is 4. The van der Waals surface area contributed by atoms with Crippen molar-refractivity contribution in [3.63, 3.8) is 0 Å². The van der Waals surface area contributed by atoms with Gasteiger partial charge in [-0.1, -0.05) is 82.7 Å². The highest BCUT2D eigenvalue weighted by molar-refractivity contribution is 9.10. The number of benzene rings is 5. The second-order valence-corrected chi connectivity index (χ2v) is 12.3. The number of carboxylic acid groups (broad SMARTS) is 1. The molecule has 234 valence electrons. The van der Waals surface area contributed by atoms with Gasteiger partial charge in [0.25, 0.3) is 11.8 Å². The van der Waals surface area contributed by atoms with Gasteiger partial charge in [-0.3, -0.25) is 14.4 Å². The summed E-state index contributed by atoms with van der Waals surface area (Å²) in [6, 6.07) is 38.3. The third-order valence-corrected chi connectivity index (χ3v) is 8.59. The van der Waals surface area contributed by atoms with E-state index < -0.39 is 23.0 Å². The number of thioether (sulfide) groups is 1. The van der Waals surface area contributed by atoms with E-state index in [-0.39, 0.29) is 17.2 Å². The van der Waals surface area contributed by atoms with E-state index in [2.05, 4.69) is 31.9 Å². The number of carbonyl (C=O) groups excluding carboxylic acids is 3. The number of carboxylic acids is 1. The van der Waals surface area contributed by atoms with Crippen LogP contribution < -0.4 is 16.0 Å². The minimum Gasteiger partial charge on any atom is -0.478 e. The molecule has 1 atom stereocenters. The molecule has 10 heteroatoms. The molecular weight excluding hydrogens is 678 g/mol. The molecule has 5 aromatic carbocycles. The van der Waals surface area contributed by atoms with E-state index in [4.69, 9.17) is 0 Å². The number of aromatic carboxylic acids is 1. The minimum absolute atomic E-state index is 0.0624. The zero-order valence-corrected chi connectivity index (χ0v) is 27.1. The monoisotopic (exact) mass is 705 g/mol. The van der Waals surface area contributed by atoms with Gasteiger partial charge in [0.2, 0.25) is 5.91 Å². The standard InChI is InChI=1S/C37H28BrN3O5S/c38-28-16-14-24(15-17-28)22-32(41-34(42)26-10-5-2-6-11-26)35(43)39-29-18-20-31(21-19-29)47-33(25-8-3-1-4-9-25)36(44)40-30-13-7-12-27(23-30)37(45)46/h1-23,33H,(H,39,43)(H,40,44)(H,41,42)(H,45,46)/b32-22-. The largest absolute Gasteiger partial charge is 0.478 e. The van der Waals surface area contributed by atoms with Crippen molar-refractivity contribution >= 4 is 68.8 Å². The molecule has 0 bridgehead atoms. The van der Waals surface area contributed by atoms with Crippen molar-refractivity contribution in [3.8, 4) is 0 Å². The van der Waals surface area contributed by atoms with E-state index in [1.54, 1.807) is 72.8 Å². The molecule has 0 radical (unpaired) electrons. The van der Waals surface area contributed by atoms with E-state index in [9.17, 15) is 24.3 Å². The van der Waals surface area contributed by atoms with Gasteiger partial charge < -0.3 is 21.1 Å². The quantitative estimate of drug-likeness (QED) is 0.0815. The van der Waals surface area contributed by atoms with Crippen LogP contribution in [0.5, 0.6) is 0 Å². The van der Waals surface area contributed by atoms with Crippen LogP contribution >= 0.6 is 27.7 Å². The molecule has 5 aromatic rings. The Morgan fingerprint density at radius 2 is 1.32 bits per heavy atom. The maximum atomic E-state index is 13.5.